The lowest BCUT2D eigenvalue weighted by Gasteiger charge is -2.30. The Bertz CT molecular complexity index is 143. The molecule has 0 saturated carbocycles. The summed E-state index contributed by atoms with van der Waals surface area (Å²) in [6.07, 6.45) is 6.91. The molecule has 0 amide bonds. The number of nitrogens with zero attached hydrogens (tertiary/aromatic N) is 1. The van der Waals surface area contributed by atoms with Crippen molar-refractivity contribution < 1.29 is 4.74 Å². The van der Waals surface area contributed by atoms with Gasteiger partial charge in [-0.3, -0.25) is 4.90 Å². The molecule has 2 heteroatoms. The van der Waals surface area contributed by atoms with Gasteiger partial charge < -0.3 is 4.74 Å². The molecule has 1 aliphatic rings. The van der Waals surface area contributed by atoms with Crippen molar-refractivity contribution in [3.05, 3.63) is 0 Å². The summed E-state index contributed by atoms with van der Waals surface area (Å²) in [7, 11) is 0. The molecule has 0 aromatic heterocycles. The Kier molecular flexibility index (Phi) is 7.03. The van der Waals surface area contributed by atoms with Crippen molar-refractivity contribution in [2.75, 3.05) is 32.8 Å². The first kappa shape index (κ1) is 13.0. The Balaban J connectivity index is 2.13. The van der Waals surface area contributed by atoms with Crippen molar-refractivity contribution in [1.29, 1.82) is 0 Å². The van der Waals surface area contributed by atoms with Crippen LogP contribution in [0.25, 0.3) is 0 Å². The van der Waals surface area contributed by atoms with Gasteiger partial charge in [-0.25, -0.2) is 0 Å². The van der Waals surface area contributed by atoms with Crippen LogP contribution in [0.4, 0.5) is 0 Å². The lowest BCUT2D eigenvalue weighted by molar-refractivity contribution is 0.0296. The normalized spacial score (nSPS) is 20.4. The molecule has 0 N–H and O–H groups in total. The number of hydrogen-bond acceptors (Lipinski definition) is 2. The van der Waals surface area contributed by atoms with Crippen molar-refractivity contribution in [3.63, 3.8) is 0 Å². The SMILES string of the molecule is CCCCCC(CC)CN1CCOCC1. The van der Waals surface area contributed by atoms with E-state index >= 15 is 0 Å². The maximum Gasteiger partial charge on any atom is 0.0594 e. The molecular formula is C13H27NO. The van der Waals surface area contributed by atoms with Crippen molar-refractivity contribution in [2.24, 2.45) is 5.92 Å². The van der Waals surface area contributed by atoms with E-state index in [9.17, 15) is 0 Å². The van der Waals surface area contributed by atoms with Gasteiger partial charge in [-0.15, -0.1) is 0 Å². The number of ether oxygens (including phenoxy) is 1. The highest BCUT2D eigenvalue weighted by molar-refractivity contribution is 4.67. The zero-order chi connectivity index (χ0) is 10.9. The summed E-state index contributed by atoms with van der Waals surface area (Å²) in [5, 5.41) is 0. The number of unbranched alkanes of at least 4 members (excludes halogenated alkanes) is 2. The number of hydrogen-bond donors (Lipinski definition) is 0. The molecule has 0 aromatic rings. The van der Waals surface area contributed by atoms with E-state index in [4.69, 9.17) is 4.74 Å². The van der Waals surface area contributed by atoms with Crippen LogP contribution in [0.1, 0.15) is 46.0 Å². The quantitative estimate of drug-likeness (QED) is 0.603. The lowest BCUT2D eigenvalue weighted by Crippen LogP contribution is -2.39. The van der Waals surface area contributed by atoms with Gasteiger partial charge in [0.05, 0.1) is 13.2 Å². The second-order valence-electron chi connectivity index (χ2n) is 4.68. The van der Waals surface area contributed by atoms with E-state index in [-0.39, 0.29) is 0 Å². The molecule has 1 rings (SSSR count). The maximum atomic E-state index is 5.37. The van der Waals surface area contributed by atoms with E-state index in [1.807, 2.05) is 0 Å². The largest absolute Gasteiger partial charge is 0.379 e. The molecule has 90 valence electrons. The Morgan fingerprint density at radius 2 is 1.87 bits per heavy atom. The lowest BCUT2D eigenvalue weighted by atomic mass is 9.98. The predicted molar refractivity (Wildman–Crippen MR) is 65.2 cm³/mol. The molecule has 1 fully saturated rings. The molecule has 2 nitrogen and oxygen atoms in total. The second kappa shape index (κ2) is 8.12. The highest BCUT2D eigenvalue weighted by Gasteiger charge is 2.14. The van der Waals surface area contributed by atoms with E-state index in [0.717, 1.165) is 32.2 Å². The molecule has 0 radical (unpaired) electrons. The predicted octanol–water partition coefficient (Wildman–Crippen LogP) is 2.93. The van der Waals surface area contributed by atoms with E-state index in [1.165, 1.54) is 38.6 Å². The highest BCUT2D eigenvalue weighted by Crippen LogP contribution is 2.15. The van der Waals surface area contributed by atoms with Gasteiger partial charge in [0, 0.05) is 19.6 Å². The summed E-state index contributed by atoms with van der Waals surface area (Å²) in [5.41, 5.74) is 0. The topological polar surface area (TPSA) is 12.5 Å². The zero-order valence-electron chi connectivity index (χ0n) is 10.5. The second-order valence-corrected chi connectivity index (χ2v) is 4.68. The van der Waals surface area contributed by atoms with E-state index < -0.39 is 0 Å². The van der Waals surface area contributed by atoms with E-state index in [1.54, 1.807) is 0 Å². The molecule has 1 unspecified atom stereocenters. The Morgan fingerprint density at radius 3 is 2.47 bits per heavy atom. The van der Waals surface area contributed by atoms with Crippen LogP contribution < -0.4 is 0 Å². The van der Waals surface area contributed by atoms with Gasteiger partial charge in [-0.2, -0.15) is 0 Å². The molecular weight excluding hydrogens is 186 g/mol. The molecule has 0 spiro atoms. The average Bonchev–Trinajstić information content (AvgIpc) is 2.29. The molecule has 0 aliphatic carbocycles. The van der Waals surface area contributed by atoms with Gasteiger partial charge in [-0.05, 0) is 12.3 Å². The average molecular weight is 213 g/mol. The van der Waals surface area contributed by atoms with Gasteiger partial charge >= 0.3 is 0 Å². The minimum absolute atomic E-state index is 0.912. The van der Waals surface area contributed by atoms with Gasteiger partial charge in [-0.1, -0.05) is 39.5 Å². The molecule has 1 atom stereocenters. The fraction of sp³-hybridized carbons (Fsp3) is 1.00. The monoisotopic (exact) mass is 213 g/mol. The summed E-state index contributed by atoms with van der Waals surface area (Å²) in [4.78, 5) is 2.57. The summed E-state index contributed by atoms with van der Waals surface area (Å²) in [5.74, 6) is 0.912. The summed E-state index contributed by atoms with van der Waals surface area (Å²) < 4.78 is 5.37. The third-order valence-electron chi connectivity index (χ3n) is 3.41. The Hall–Kier alpha value is -0.0800. The van der Waals surface area contributed by atoms with Gasteiger partial charge in [0.25, 0.3) is 0 Å². The Labute approximate surface area is 95.0 Å². The fourth-order valence-electron chi connectivity index (χ4n) is 2.26. The molecule has 0 bridgehead atoms. The molecule has 1 saturated heterocycles. The van der Waals surface area contributed by atoms with Crippen LogP contribution in [-0.2, 0) is 4.74 Å². The van der Waals surface area contributed by atoms with Gasteiger partial charge in [0.15, 0.2) is 0 Å². The van der Waals surface area contributed by atoms with Crippen LogP contribution in [-0.4, -0.2) is 37.7 Å². The molecule has 15 heavy (non-hydrogen) atoms. The molecule has 1 aliphatic heterocycles. The number of morpholine rings is 1. The molecule has 0 aromatic carbocycles. The summed E-state index contributed by atoms with van der Waals surface area (Å²) in [6.45, 7) is 10.1. The van der Waals surface area contributed by atoms with Crippen LogP contribution in [0.3, 0.4) is 0 Å². The minimum Gasteiger partial charge on any atom is -0.379 e. The minimum atomic E-state index is 0.912. The van der Waals surface area contributed by atoms with Crippen LogP contribution in [0.5, 0.6) is 0 Å². The van der Waals surface area contributed by atoms with Crippen molar-refractivity contribution in [2.45, 2.75) is 46.0 Å². The first-order valence-corrected chi connectivity index (χ1v) is 6.66. The highest BCUT2D eigenvalue weighted by atomic mass is 16.5. The molecule has 1 heterocycles. The first-order chi connectivity index (χ1) is 7.36. The summed E-state index contributed by atoms with van der Waals surface area (Å²) in [6, 6.07) is 0. The van der Waals surface area contributed by atoms with Crippen molar-refractivity contribution in [3.8, 4) is 0 Å². The van der Waals surface area contributed by atoms with E-state index in [0.29, 0.717) is 0 Å². The maximum absolute atomic E-state index is 5.37. The third-order valence-corrected chi connectivity index (χ3v) is 3.41. The van der Waals surface area contributed by atoms with Crippen LogP contribution in [0, 0.1) is 5.92 Å². The van der Waals surface area contributed by atoms with Crippen LogP contribution in [0.2, 0.25) is 0 Å². The Morgan fingerprint density at radius 1 is 1.13 bits per heavy atom. The van der Waals surface area contributed by atoms with Gasteiger partial charge in [0.2, 0.25) is 0 Å². The zero-order valence-corrected chi connectivity index (χ0v) is 10.5. The van der Waals surface area contributed by atoms with E-state index in [2.05, 4.69) is 18.7 Å². The van der Waals surface area contributed by atoms with Crippen molar-refractivity contribution in [1.82, 2.24) is 4.90 Å². The fourth-order valence-corrected chi connectivity index (χ4v) is 2.26. The smallest absolute Gasteiger partial charge is 0.0594 e. The first-order valence-electron chi connectivity index (χ1n) is 6.66. The van der Waals surface area contributed by atoms with Crippen LogP contribution >= 0.6 is 0 Å². The third kappa shape index (κ3) is 5.53. The summed E-state index contributed by atoms with van der Waals surface area (Å²) >= 11 is 0. The van der Waals surface area contributed by atoms with Crippen molar-refractivity contribution >= 4 is 0 Å². The van der Waals surface area contributed by atoms with Gasteiger partial charge in [0.1, 0.15) is 0 Å². The number of rotatable bonds is 7. The van der Waals surface area contributed by atoms with Crippen LogP contribution in [0.15, 0.2) is 0 Å². The standard InChI is InChI=1S/C13H27NO/c1-3-5-6-7-13(4-2)12-14-8-10-15-11-9-14/h13H,3-12H2,1-2H3.